The molecule has 7 nitrogen and oxygen atoms in total. The highest BCUT2D eigenvalue weighted by molar-refractivity contribution is 5.49. The van der Waals surface area contributed by atoms with Gasteiger partial charge in [-0.1, -0.05) is 201 Å². The molecule has 0 atom stereocenters. The average Bonchev–Trinajstić information content (AvgIpc) is 3.20. The summed E-state index contributed by atoms with van der Waals surface area (Å²) in [7, 11) is 3.27. The first-order valence-corrected chi connectivity index (χ1v) is 23.9. The van der Waals surface area contributed by atoms with Crippen LogP contribution in [0.1, 0.15) is 245 Å². The van der Waals surface area contributed by atoms with Crippen molar-refractivity contribution in [1.29, 1.82) is 0 Å². The van der Waals surface area contributed by atoms with Gasteiger partial charge in [0.2, 0.25) is 0 Å². The molecule has 0 aliphatic carbocycles. The van der Waals surface area contributed by atoms with E-state index < -0.39 is 0 Å². The Labute approximate surface area is 344 Å². The van der Waals surface area contributed by atoms with E-state index in [1.165, 1.54) is 219 Å². The Balaban J connectivity index is -0.000000678. The van der Waals surface area contributed by atoms with E-state index in [-0.39, 0.29) is 6.47 Å². The molecule has 0 aliphatic heterocycles. The second-order valence-electron chi connectivity index (χ2n) is 15.6. The third kappa shape index (κ3) is 62.1. The molecule has 0 amide bonds. The van der Waals surface area contributed by atoms with Crippen molar-refractivity contribution in [2.24, 2.45) is 11.7 Å². The lowest BCUT2D eigenvalue weighted by Crippen LogP contribution is -2.27. The molecule has 0 spiro atoms. The predicted molar refractivity (Wildman–Crippen MR) is 241 cm³/mol. The Bertz CT molecular complexity index is 642. The number of carbonyl (C=O) groups is 3. The molecular weight excluding hydrogens is 685 g/mol. The number of ether oxygens (including phenoxy) is 1. The minimum atomic E-state index is -0.250. The summed E-state index contributed by atoms with van der Waals surface area (Å²) in [6.07, 6.45) is 48.5. The van der Waals surface area contributed by atoms with E-state index in [0.29, 0.717) is 6.42 Å². The van der Waals surface area contributed by atoms with Gasteiger partial charge < -0.3 is 30.1 Å². The van der Waals surface area contributed by atoms with Gasteiger partial charge in [-0.15, -0.1) is 0 Å². The molecule has 0 aromatic heterocycles. The molecule has 0 saturated heterocycles. The molecule has 0 aliphatic rings. The Hall–Kier alpha value is -1.31. The number of carboxylic acid groups (broad SMARTS) is 1. The number of hydrogen-bond donors (Lipinski definition) is 2. The predicted octanol–water partition coefficient (Wildman–Crippen LogP) is 13.9. The van der Waals surface area contributed by atoms with Gasteiger partial charge in [0.25, 0.3) is 6.47 Å². The SMILES string of the molecule is CCCCCCCCC(CCCCCCCC)CCCCCCCN(CCCC=O)CCCCCCCC=O.CCCCCCCCCOC.CN.O=CO. The molecule has 0 unspecified atom stereocenters. The quantitative estimate of drug-likeness (QED) is 0.0468. The summed E-state index contributed by atoms with van der Waals surface area (Å²) in [4.78, 5) is 32.2. The summed E-state index contributed by atoms with van der Waals surface area (Å²) in [5.41, 5.74) is 4.50. The van der Waals surface area contributed by atoms with E-state index >= 15 is 0 Å². The van der Waals surface area contributed by atoms with Crippen LogP contribution < -0.4 is 5.73 Å². The van der Waals surface area contributed by atoms with Crippen LogP contribution in [0.4, 0.5) is 0 Å². The molecule has 0 aromatic carbocycles. The van der Waals surface area contributed by atoms with Crippen LogP contribution in [0.25, 0.3) is 0 Å². The topological polar surface area (TPSA) is 110 Å². The Morgan fingerprint density at radius 2 is 0.745 bits per heavy atom. The third-order valence-electron chi connectivity index (χ3n) is 10.6. The zero-order valence-electron chi connectivity index (χ0n) is 38.0. The summed E-state index contributed by atoms with van der Waals surface area (Å²) in [6.45, 7) is 11.0. The summed E-state index contributed by atoms with van der Waals surface area (Å²) in [6, 6.07) is 0. The van der Waals surface area contributed by atoms with Gasteiger partial charge in [-0.05, 0) is 64.7 Å². The van der Waals surface area contributed by atoms with Crippen molar-refractivity contribution >= 4 is 19.0 Å². The number of nitrogens with zero attached hydrogens (tertiary/aromatic N) is 1. The van der Waals surface area contributed by atoms with Crippen LogP contribution in [-0.2, 0) is 19.1 Å². The van der Waals surface area contributed by atoms with Gasteiger partial charge in [-0.2, -0.15) is 0 Å². The highest BCUT2D eigenvalue weighted by Crippen LogP contribution is 2.25. The smallest absolute Gasteiger partial charge is 0.290 e. The number of carbonyl (C=O) groups excluding carboxylic acids is 2. The standard InChI is InChI=1S/C36H71NO2.C10H22O.CH5N.CH2O2/c1-3-5-7-9-14-20-28-36(29-21-15-10-8-6-4-2)30-22-16-13-18-24-32-37(33-25-27-35-39)31-23-17-11-12-19-26-34-38;1-3-4-5-6-7-8-9-10-11-2;1-2;2-1-3/h34-36H,3-33H2,1-2H3;3-10H2,1-2H3;2H2,1H3;1H,(H,2,3). The molecule has 55 heavy (non-hydrogen) atoms. The minimum absolute atomic E-state index is 0.250. The van der Waals surface area contributed by atoms with E-state index in [0.717, 1.165) is 50.9 Å². The van der Waals surface area contributed by atoms with Crippen LogP contribution in [0, 0.1) is 5.92 Å². The number of nitrogens with two attached hydrogens (primary N) is 1. The molecule has 0 fully saturated rings. The zero-order valence-corrected chi connectivity index (χ0v) is 38.0. The Morgan fingerprint density at radius 3 is 1.11 bits per heavy atom. The number of aldehydes is 2. The van der Waals surface area contributed by atoms with Gasteiger partial charge in [-0.25, -0.2) is 0 Å². The van der Waals surface area contributed by atoms with E-state index in [4.69, 9.17) is 14.6 Å². The normalized spacial score (nSPS) is 10.6. The van der Waals surface area contributed by atoms with E-state index in [1.807, 2.05) is 0 Å². The number of methoxy groups -OCH3 is 1. The highest BCUT2D eigenvalue weighted by atomic mass is 16.5. The molecule has 0 radical (unpaired) electrons. The molecule has 7 heteroatoms. The van der Waals surface area contributed by atoms with E-state index in [1.54, 1.807) is 7.11 Å². The fourth-order valence-electron chi connectivity index (χ4n) is 7.19. The lowest BCUT2D eigenvalue weighted by Gasteiger charge is -2.22. The van der Waals surface area contributed by atoms with Gasteiger partial charge in [-0.3, -0.25) is 4.79 Å². The number of rotatable bonds is 42. The van der Waals surface area contributed by atoms with Crippen molar-refractivity contribution in [3.8, 4) is 0 Å². The molecule has 0 aromatic rings. The first-order valence-electron chi connectivity index (χ1n) is 23.9. The first-order chi connectivity index (χ1) is 27.1. The number of unbranched alkanes of at least 4 members (excludes halogenated alkanes) is 26. The third-order valence-corrected chi connectivity index (χ3v) is 10.6. The molecule has 0 saturated carbocycles. The lowest BCUT2D eigenvalue weighted by atomic mass is 9.89. The van der Waals surface area contributed by atoms with Gasteiger partial charge in [0.05, 0.1) is 0 Å². The van der Waals surface area contributed by atoms with Crippen molar-refractivity contribution in [2.75, 3.05) is 40.4 Å². The van der Waals surface area contributed by atoms with Gasteiger partial charge in [0.1, 0.15) is 12.6 Å². The molecule has 0 heterocycles. The molecule has 3 N–H and O–H groups in total. The fourth-order valence-corrected chi connectivity index (χ4v) is 7.19. The zero-order chi connectivity index (χ0) is 41.6. The summed E-state index contributed by atoms with van der Waals surface area (Å²) >= 11 is 0. The van der Waals surface area contributed by atoms with Crippen LogP contribution in [0.3, 0.4) is 0 Å². The van der Waals surface area contributed by atoms with Crippen molar-refractivity contribution in [3.05, 3.63) is 0 Å². The van der Waals surface area contributed by atoms with Crippen LogP contribution >= 0.6 is 0 Å². The fraction of sp³-hybridized carbons (Fsp3) is 0.938. The van der Waals surface area contributed by atoms with Crippen LogP contribution in [0.2, 0.25) is 0 Å². The van der Waals surface area contributed by atoms with Gasteiger partial charge >= 0.3 is 0 Å². The lowest BCUT2D eigenvalue weighted by molar-refractivity contribution is -0.123. The summed E-state index contributed by atoms with van der Waals surface area (Å²) < 4.78 is 4.97. The van der Waals surface area contributed by atoms with Crippen LogP contribution in [0.5, 0.6) is 0 Å². The molecular formula is C48H100N2O5. The Kier molecular flexibility index (Phi) is 67.9. The molecule has 0 bridgehead atoms. The first kappa shape index (κ1) is 60.4. The molecule has 0 rings (SSSR count). The van der Waals surface area contributed by atoms with Crippen molar-refractivity contribution in [1.82, 2.24) is 4.90 Å². The average molecular weight is 785 g/mol. The van der Waals surface area contributed by atoms with Gasteiger partial charge in [0, 0.05) is 26.6 Å². The number of hydrogen-bond acceptors (Lipinski definition) is 6. The Morgan fingerprint density at radius 1 is 0.455 bits per heavy atom. The van der Waals surface area contributed by atoms with E-state index in [9.17, 15) is 9.59 Å². The van der Waals surface area contributed by atoms with E-state index in [2.05, 4.69) is 31.4 Å². The monoisotopic (exact) mass is 785 g/mol. The minimum Gasteiger partial charge on any atom is -0.483 e. The van der Waals surface area contributed by atoms with Crippen molar-refractivity contribution in [2.45, 2.75) is 245 Å². The second kappa shape index (κ2) is 61.9. The van der Waals surface area contributed by atoms with Gasteiger partial charge in [0.15, 0.2) is 0 Å². The summed E-state index contributed by atoms with van der Waals surface area (Å²) in [5.74, 6) is 0.981. The van der Waals surface area contributed by atoms with Crippen LogP contribution in [0.15, 0.2) is 0 Å². The molecule has 332 valence electrons. The maximum Gasteiger partial charge on any atom is 0.290 e. The maximum atomic E-state index is 10.8. The van der Waals surface area contributed by atoms with Crippen LogP contribution in [-0.4, -0.2) is 69.4 Å². The second-order valence-corrected chi connectivity index (χ2v) is 15.6. The largest absolute Gasteiger partial charge is 0.483 e. The van der Waals surface area contributed by atoms with Crippen molar-refractivity contribution < 1.29 is 24.2 Å². The summed E-state index contributed by atoms with van der Waals surface area (Å²) in [5, 5.41) is 6.89. The maximum absolute atomic E-state index is 10.8. The van der Waals surface area contributed by atoms with Crippen molar-refractivity contribution in [3.63, 3.8) is 0 Å². The highest BCUT2D eigenvalue weighted by Gasteiger charge is 2.09.